The largest absolute Gasteiger partial charge is 0.446 e. The number of carbonyl (C=O) groups is 1. The number of nitrogens with zero attached hydrogens (tertiary/aromatic N) is 2. The Morgan fingerprint density at radius 1 is 1.12 bits per heavy atom. The predicted octanol–water partition coefficient (Wildman–Crippen LogP) is 4.84. The van der Waals surface area contributed by atoms with Gasteiger partial charge in [0.1, 0.15) is 5.69 Å². The molecule has 1 amide bonds. The van der Waals surface area contributed by atoms with Crippen molar-refractivity contribution < 1.29 is 31.1 Å². The highest BCUT2D eigenvalue weighted by molar-refractivity contribution is 8.00. The molecule has 4 nitrogen and oxygen atoms in total. The van der Waals surface area contributed by atoms with E-state index >= 15 is 0 Å². The maximum atomic E-state index is 12.6. The van der Waals surface area contributed by atoms with E-state index in [1.54, 1.807) is 6.07 Å². The Kier molecular flexibility index (Phi) is 5.46. The maximum Gasteiger partial charge on any atom is 0.446 e. The van der Waals surface area contributed by atoms with Crippen LogP contribution in [0.4, 0.5) is 32.0 Å². The standard InChI is InChI=1S/C15H7F6N3OS/c16-14(17,18)12-6-9(3-4-23-12)24-13(25)10-5-8(7-22)1-2-11(10)26-15(19,20)21/h1-6H,(H,23,24,25). The van der Waals surface area contributed by atoms with Gasteiger partial charge < -0.3 is 5.32 Å². The van der Waals surface area contributed by atoms with Gasteiger partial charge in [-0.05, 0) is 42.1 Å². The van der Waals surface area contributed by atoms with Gasteiger partial charge in [0, 0.05) is 16.8 Å². The van der Waals surface area contributed by atoms with E-state index in [1.165, 1.54) is 0 Å². The molecule has 1 N–H and O–H groups in total. The summed E-state index contributed by atoms with van der Waals surface area (Å²) in [4.78, 5) is 14.9. The summed E-state index contributed by atoms with van der Waals surface area (Å²) in [5.74, 6) is -1.09. The van der Waals surface area contributed by atoms with E-state index in [1.807, 2.05) is 0 Å². The lowest BCUT2D eigenvalue weighted by molar-refractivity contribution is -0.141. The molecule has 1 heterocycles. The molecule has 0 unspecified atom stereocenters. The van der Waals surface area contributed by atoms with Gasteiger partial charge in [-0.15, -0.1) is 0 Å². The zero-order chi connectivity index (χ0) is 19.5. The van der Waals surface area contributed by atoms with Crippen molar-refractivity contribution >= 4 is 23.4 Å². The number of carbonyl (C=O) groups excluding carboxylic acids is 1. The number of hydrogen-bond donors (Lipinski definition) is 1. The highest BCUT2D eigenvalue weighted by Gasteiger charge is 2.33. The lowest BCUT2D eigenvalue weighted by Gasteiger charge is -2.13. The number of anilines is 1. The van der Waals surface area contributed by atoms with Gasteiger partial charge in [0.05, 0.1) is 17.2 Å². The van der Waals surface area contributed by atoms with Crippen molar-refractivity contribution in [3.63, 3.8) is 0 Å². The van der Waals surface area contributed by atoms with E-state index < -0.39 is 45.5 Å². The Balaban J connectivity index is 2.36. The van der Waals surface area contributed by atoms with Crippen LogP contribution in [0.2, 0.25) is 0 Å². The van der Waals surface area contributed by atoms with Crippen LogP contribution >= 0.6 is 11.8 Å². The van der Waals surface area contributed by atoms with Crippen molar-refractivity contribution in [1.82, 2.24) is 4.98 Å². The second-order valence-electron chi connectivity index (χ2n) is 4.75. The fourth-order valence-electron chi connectivity index (χ4n) is 1.85. The van der Waals surface area contributed by atoms with E-state index in [0.29, 0.717) is 6.07 Å². The Morgan fingerprint density at radius 3 is 2.38 bits per heavy atom. The molecule has 11 heteroatoms. The summed E-state index contributed by atoms with van der Waals surface area (Å²) in [6, 6.07) is 6.24. The van der Waals surface area contributed by atoms with Crippen LogP contribution in [0, 0.1) is 11.3 Å². The summed E-state index contributed by atoms with van der Waals surface area (Å²) in [6.45, 7) is 0. The molecule has 0 aliphatic rings. The van der Waals surface area contributed by atoms with E-state index in [9.17, 15) is 31.1 Å². The number of hydrogen-bond acceptors (Lipinski definition) is 4. The molecular weight excluding hydrogens is 384 g/mol. The summed E-state index contributed by atoms with van der Waals surface area (Å²) >= 11 is -0.570. The number of amides is 1. The third-order valence-corrected chi connectivity index (χ3v) is 3.69. The molecule has 0 saturated carbocycles. The highest BCUT2D eigenvalue weighted by Crippen LogP contribution is 2.39. The second-order valence-corrected chi connectivity index (χ2v) is 5.86. The first kappa shape index (κ1) is 19.6. The SMILES string of the molecule is N#Cc1ccc(SC(F)(F)F)c(C(=O)Nc2ccnc(C(F)(F)F)c2)c1. The minimum absolute atomic E-state index is 0.0765. The first-order chi connectivity index (χ1) is 12.0. The second kappa shape index (κ2) is 7.25. The molecule has 1 aromatic heterocycles. The van der Waals surface area contributed by atoms with Crippen LogP contribution < -0.4 is 5.32 Å². The highest BCUT2D eigenvalue weighted by atomic mass is 32.2. The number of pyridine rings is 1. The number of rotatable bonds is 3. The van der Waals surface area contributed by atoms with Gasteiger partial charge in [-0.1, -0.05) is 0 Å². The van der Waals surface area contributed by atoms with Crippen molar-refractivity contribution in [2.24, 2.45) is 0 Å². The Morgan fingerprint density at radius 2 is 1.81 bits per heavy atom. The fourth-order valence-corrected chi connectivity index (χ4v) is 2.50. The van der Waals surface area contributed by atoms with Crippen LogP contribution in [0.5, 0.6) is 0 Å². The van der Waals surface area contributed by atoms with E-state index in [2.05, 4.69) is 10.3 Å². The third-order valence-electron chi connectivity index (χ3n) is 2.89. The number of alkyl halides is 6. The van der Waals surface area contributed by atoms with Gasteiger partial charge in [0.15, 0.2) is 0 Å². The molecule has 0 aliphatic heterocycles. The zero-order valence-electron chi connectivity index (χ0n) is 12.4. The molecule has 26 heavy (non-hydrogen) atoms. The smallest absolute Gasteiger partial charge is 0.322 e. The Hall–Kier alpha value is -2.74. The number of nitriles is 1. The van der Waals surface area contributed by atoms with Crippen LogP contribution in [-0.2, 0) is 6.18 Å². The van der Waals surface area contributed by atoms with E-state index in [4.69, 9.17) is 5.26 Å². The molecule has 0 fully saturated rings. The number of thioether (sulfide) groups is 1. The molecule has 0 aliphatic carbocycles. The summed E-state index contributed by atoms with van der Waals surface area (Å²) in [6.07, 6.45) is -3.95. The third kappa shape index (κ3) is 5.13. The molecule has 2 rings (SSSR count). The van der Waals surface area contributed by atoms with Gasteiger partial charge in [-0.2, -0.15) is 31.6 Å². The quantitative estimate of drug-likeness (QED) is 0.601. The van der Waals surface area contributed by atoms with Crippen LogP contribution in [0.3, 0.4) is 0 Å². The van der Waals surface area contributed by atoms with Crippen molar-refractivity contribution in [2.45, 2.75) is 16.6 Å². The summed E-state index contributed by atoms with van der Waals surface area (Å²) in [5, 5.41) is 10.9. The van der Waals surface area contributed by atoms with Gasteiger partial charge >= 0.3 is 11.7 Å². The molecule has 136 valence electrons. The van der Waals surface area contributed by atoms with Gasteiger partial charge in [0.25, 0.3) is 5.91 Å². The average molecular weight is 391 g/mol. The fraction of sp³-hybridized carbons (Fsp3) is 0.133. The van der Waals surface area contributed by atoms with Gasteiger partial charge in [-0.25, -0.2) is 0 Å². The summed E-state index contributed by atoms with van der Waals surface area (Å²) < 4.78 is 75.7. The Labute approximate surface area is 146 Å². The van der Waals surface area contributed by atoms with Crippen LogP contribution in [-0.4, -0.2) is 16.4 Å². The number of nitrogens with one attached hydrogen (secondary N) is 1. The van der Waals surface area contributed by atoms with Crippen LogP contribution in [0.1, 0.15) is 21.6 Å². The first-order valence-electron chi connectivity index (χ1n) is 6.64. The number of aromatic nitrogens is 1. The van der Waals surface area contributed by atoms with Crippen LogP contribution in [0.25, 0.3) is 0 Å². The normalized spacial score (nSPS) is 11.7. The van der Waals surface area contributed by atoms with Crippen molar-refractivity contribution in [2.75, 3.05) is 5.32 Å². The topological polar surface area (TPSA) is 65.8 Å². The minimum atomic E-state index is -4.75. The zero-order valence-corrected chi connectivity index (χ0v) is 13.3. The molecule has 2 aromatic rings. The summed E-state index contributed by atoms with van der Waals surface area (Å²) in [5.41, 5.74) is -6.83. The monoisotopic (exact) mass is 391 g/mol. The minimum Gasteiger partial charge on any atom is -0.322 e. The van der Waals surface area contributed by atoms with E-state index in [0.717, 1.165) is 30.5 Å². The average Bonchev–Trinajstić information content (AvgIpc) is 2.53. The molecule has 0 radical (unpaired) electrons. The number of benzene rings is 1. The lowest BCUT2D eigenvalue weighted by atomic mass is 10.1. The van der Waals surface area contributed by atoms with Crippen molar-refractivity contribution in [3.8, 4) is 6.07 Å². The lowest BCUT2D eigenvalue weighted by Crippen LogP contribution is -2.16. The van der Waals surface area contributed by atoms with Crippen molar-refractivity contribution in [1.29, 1.82) is 5.26 Å². The molecular formula is C15H7F6N3OS. The first-order valence-corrected chi connectivity index (χ1v) is 7.46. The van der Waals surface area contributed by atoms with Gasteiger partial charge in [0.2, 0.25) is 0 Å². The van der Waals surface area contributed by atoms with Gasteiger partial charge in [-0.3, -0.25) is 9.78 Å². The molecule has 0 bridgehead atoms. The van der Waals surface area contributed by atoms with Crippen molar-refractivity contribution in [3.05, 3.63) is 53.3 Å². The van der Waals surface area contributed by atoms with E-state index in [-0.39, 0.29) is 11.3 Å². The number of halogens is 6. The maximum absolute atomic E-state index is 12.6. The van der Waals surface area contributed by atoms with Crippen LogP contribution in [0.15, 0.2) is 41.4 Å². The molecule has 0 spiro atoms. The Bertz CT molecular complexity index is 873. The molecule has 0 saturated heterocycles. The predicted molar refractivity (Wildman–Crippen MR) is 80.3 cm³/mol. The molecule has 0 atom stereocenters. The summed E-state index contributed by atoms with van der Waals surface area (Å²) in [7, 11) is 0. The molecule has 1 aromatic carbocycles.